The molecule has 0 spiro atoms. The molecular formula is C29H22BrN3O5S2. The Morgan fingerprint density at radius 3 is 2.58 bits per heavy atom. The molecule has 2 unspecified atom stereocenters. The fourth-order valence-corrected chi connectivity index (χ4v) is 7.87. The second-order valence-electron chi connectivity index (χ2n) is 9.52. The number of aromatic amines is 1. The summed E-state index contributed by atoms with van der Waals surface area (Å²) in [6.07, 6.45) is 0. The molecule has 0 radical (unpaired) electrons. The number of nitrogens with zero attached hydrogens (tertiary/aromatic N) is 1. The average molecular weight is 637 g/mol. The number of amides is 3. The summed E-state index contributed by atoms with van der Waals surface area (Å²) in [5, 5.41) is 2.73. The third-order valence-corrected chi connectivity index (χ3v) is 9.73. The van der Waals surface area contributed by atoms with Gasteiger partial charge >= 0.3 is 4.87 Å². The van der Waals surface area contributed by atoms with Crippen LogP contribution in [0.1, 0.15) is 21.9 Å². The maximum Gasteiger partial charge on any atom is 0.305 e. The SMILES string of the molecule is Cc1cccc(NC(=O)COc2cccc([C@H]3c4sc(=O)[nH]c4SC4C(=O)N(c5ccc(Br)cc5)C(=O)C43)c2)c1. The van der Waals surface area contributed by atoms with Crippen molar-refractivity contribution in [1.29, 1.82) is 0 Å². The van der Waals surface area contributed by atoms with E-state index in [9.17, 15) is 19.2 Å². The summed E-state index contributed by atoms with van der Waals surface area (Å²) in [6.45, 7) is 1.74. The van der Waals surface area contributed by atoms with E-state index >= 15 is 0 Å². The number of ether oxygens (including phenoxy) is 1. The zero-order valence-corrected chi connectivity index (χ0v) is 24.3. The second kappa shape index (κ2) is 10.7. The predicted octanol–water partition coefficient (Wildman–Crippen LogP) is 5.32. The molecule has 2 aliphatic rings. The number of nitrogens with one attached hydrogen (secondary N) is 2. The number of rotatable bonds is 6. The first-order valence-corrected chi connectivity index (χ1v) is 14.9. The minimum Gasteiger partial charge on any atom is -0.484 e. The maximum atomic E-state index is 13.8. The Kier molecular flexibility index (Phi) is 7.11. The van der Waals surface area contributed by atoms with E-state index in [2.05, 4.69) is 26.2 Å². The van der Waals surface area contributed by atoms with E-state index in [4.69, 9.17) is 4.74 Å². The van der Waals surface area contributed by atoms with Gasteiger partial charge in [0.25, 0.3) is 5.91 Å². The number of imide groups is 1. The molecule has 3 heterocycles. The third-order valence-electron chi connectivity index (χ3n) is 6.80. The fraction of sp³-hybridized carbons (Fsp3) is 0.172. The van der Waals surface area contributed by atoms with Crippen molar-refractivity contribution in [3.05, 3.63) is 103 Å². The number of aryl methyl sites for hydroxylation is 1. The molecule has 40 heavy (non-hydrogen) atoms. The highest BCUT2D eigenvalue weighted by molar-refractivity contribution is 9.10. The van der Waals surface area contributed by atoms with Gasteiger partial charge in [-0.25, -0.2) is 4.90 Å². The number of thioether (sulfide) groups is 1. The van der Waals surface area contributed by atoms with Gasteiger partial charge in [-0.05, 0) is 66.6 Å². The number of benzene rings is 3. The van der Waals surface area contributed by atoms with E-state index in [-0.39, 0.29) is 29.2 Å². The molecule has 0 aliphatic carbocycles. The summed E-state index contributed by atoms with van der Waals surface area (Å²) in [7, 11) is 0. The van der Waals surface area contributed by atoms with Crippen molar-refractivity contribution in [2.45, 2.75) is 23.1 Å². The van der Waals surface area contributed by atoms with Crippen LogP contribution in [-0.4, -0.2) is 34.6 Å². The number of aromatic nitrogens is 1. The molecule has 4 aromatic rings. The quantitative estimate of drug-likeness (QED) is 0.278. The van der Waals surface area contributed by atoms with E-state index in [1.807, 2.05) is 31.2 Å². The lowest BCUT2D eigenvalue weighted by Gasteiger charge is -2.30. The molecule has 11 heteroatoms. The van der Waals surface area contributed by atoms with E-state index < -0.39 is 17.1 Å². The topological polar surface area (TPSA) is 109 Å². The first kappa shape index (κ1) is 26.5. The minimum absolute atomic E-state index is 0.207. The van der Waals surface area contributed by atoms with Crippen molar-refractivity contribution in [2.75, 3.05) is 16.8 Å². The van der Waals surface area contributed by atoms with Crippen molar-refractivity contribution in [3.8, 4) is 5.75 Å². The summed E-state index contributed by atoms with van der Waals surface area (Å²) in [4.78, 5) is 56.8. The number of carbonyl (C=O) groups is 3. The van der Waals surface area contributed by atoms with Gasteiger partial charge in [0.2, 0.25) is 11.8 Å². The van der Waals surface area contributed by atoms with Gasteiger partial charge in [-0.3, -0.25) is 19.2 Å². The van der Waals surface area contributed by atoms with Gasteiger partial charge in [0.15, 0.2) is 6.61 Å². The van der Waals surface area contributed by atoms with Crippen LogP contribution < -0.4 is 19.8 Å². The van der Waals surface area contributed by atoms with Crippen LogP contribution in [0.5, 0.6) is 5.75 Å². The molecule has 0 saturated carbocycles. The molecule has 2 N–H and O–H groups in total. The highest BCUT2D eigenvalue weighted by Crippen LogP contribution is 2.53. The Labute approximate surface area is 245 Å². The second-order valence-corrected chi connectivity index (χ2v) is 12.6. The summed E-state index contributed by atoms with van der Waals surface area (Å²) < 4.78 is 6.64. The highest BCUT2D eigenvalue weighted by Gasteiger charge is 2.56. The molecule has 0 bridgehead atoms. The van der Waals surface area contributed by atoms with Gasteiger partial charge in [-0.1, -0.05) is 63.3 Å². The smallest absolute Gasteiger partial charge is 0.305 e. The summed E-state index contributed by atoms with van der Waals surface area (Å²) in [5.41, 5.74) is 2.94. The van der Waals surface area contributed by atoms with Gasteiger partial charge in [0, 0.05) is 21.0 Å². The summed E-state index contributed by atoms with van der Waals surface area (Å²) in [6, 6.07) is 21.6. The summed E-state index contributed by atoms with van der Waals surface area (Å²) >= 11 is 5.67. The first-order chi connectivity index (χ1) is 19.3. The van der Waals surface area contributed by atoms with Gasteiger partial charge in [-0.15, -0.1) is 0 Å². The molecule has 1 aromatic heterocycles. The average Bonchev–Trinajstić information content (AvgIpc) is 3.42. The Hall–Kier alpha value is -3.67. The molecule has 2 aliphatic heterocycles. The van der Waals surface area contributed by atoms with Crippen LogP contribution in [0, 0.1) is 12.8 Å². The number of anilines is 2. The van der Waals surface area contributed by atoms with Gasteiger partial charge in [0.1, 0.15) is 11.0 Å². The van der Waals surface area contributed by atoms with E-state index in [1.54, 1.807) is 48.5 Å². The van der Waals surface area contributed by atoms with Crippen LogP contribution in [0.15, 0.2) is 87.1 Å². The van der Waals surface area contributed by atoms with Crippen LogP contribution >= 0.6 is 39.0 Å². The van der Waals surface area contributed by atoms with Crippen LogP contribution in [0.4, 0.5) is 11.4 Å². The van der Waals surface area contributed by atoms with Crippen molar-refractivity contribution in [1.82, 2.24) is 4.98 Å². The standard InChI is InChI=1S/C29H22BrN3O5S2/c1-15-4-2-6-18(12-15)31-21(34)14-38-20-7-3-5-16(13-20)22-23-25(39-26-24(22)40-29(37)32-26)28(36)33(27(23)35)19-10-8-17(30)9-11-19/h2-13,22-23,25H,14H2,1H3,(H,31,34)(H,32,37)/t22-,23?,25?/m1/s1. The largest absolute Gasteiger partial charge is 0.484 e. The van der Waals surface area contributed by atoms with Crippen molar-refractivity contribution in [3.63, 3.8) is 0 Å². The van der Waals surface area contributed by atoms with E-state index in [0.717, 1.165) is 26.9 Å². The number of halogens is 1. The maximum absolute atomic E-state index is 13.8. The van der Waals surface area contributed by atoms with Crippen LogP contribution in [0.2, 0.25) is 0 Å². The third kappa shape index (κ3) is 5.00. The number of hydrogen-bond acceptors (Lipinski definition) is 7. The molecular weight excluding hydrogens is 614 g/mol. The Bertz CT molecular complexity index is 1700. The molecule has 202 valence electrons. The first-order valence-electron chi connectivity index (χ1n) is 12.4. The zero-order chi connectivity index (χ0) is 28.0. The van der Waals surface area contributed by atoms with Crippen LogP contribution in [0.25, 0.3) is 0 Å². The lowest BCUT2D eigenvalue weighted by Crippen LogP contribution is -2.32. The Balaban J connectivity index is 1.29. The number of fused-ring (bicyclic) bond motifs is 2. The predicted molar refractivity (Wildman–Crippen MR) is 158 cm³/mol. The summed E-state index contributed by atoms with van der Waals surface area (Å²) in [5.74, 6) is -1.74. The van der Waals surface area contributed by atoms with Crippen molar-refractivity contribution < 1.29 is 19.1 Å². The Morgan fingerprint density at radius 2 is 1.80 bits per heavy atom. The monoisotopic (exact) mass is 635 g/mol. The van der Waals surface area contributed by atoms with Crippen molar-refractivity contribution in [2.24, 2.45) is 5.92 Å². The fourth-order valence-electron chi connectivity index (χ4n) is 5.09. The van der Waals surface area contributed by atoms with Crippen LogP contribution in [-0.2, 0) is 14.4 Å². The van der Waals surface area contributed by atoms with E-state index in [1.165, 1.54) is 16.7 Å². The molecule has 8 nitrogen and oxygen atoms in total. The van der Waals surface area contributed by atoms with Gasteiger partial charge in [0.05, 0.1) is 16.6 Å². The highest BCUT2D eigenvalue weighted by atomic mass is 79.9. The van der Waals surface area contributed by atoms with E-state index in [0.29, 0.717) is 27.0 Å². The van der Waals surface area contributed by atoms with Gasteiger partial charge < -0.3 is 15.0 Å². The normalized spacial score (nSPS) is 19.8. The molecule has 6 rings (SSSR count). The number of H-pyrrole nitrogens is 1. The number of carbonyl (C=O) groups excluding carboxylic acids is 3. The molecule has 3 atom stereocenters. The number of thiazole rings is 1. The Morgan fingerprint density at radius 1 is 1.02 bits per heavy atom. The molecule has 3 aromatic carbocycles. The zero-order valence-electron chi connectivity index (χ0n) is 21.1. The minimum atomic E-state index is -0.708. The molecule has 1 saturated heterocycles. The molecule has 1 fully saturated rings. The van der Waals surface area contributed by atoms with Crippen molar-refractivity contribution >= 4 is 68.1 Å². The lowest BCUT2D eigenvalue weighted by molar-refractivity contribution is -0.122. The number of hydrogen-bond donors (Lipinski definition) is 2. The lowest BCUT2D eigenvalue weighted by atomic mass is 9.83. The molecule has 3 amide bonds. The van der Waals surface area contributed by atoms with Gasteiger partial charge in [-0.2, -0.15) is 0 Å². The van der Waals surface area contributed by atoms with Crippen LogP contribution in [0.3, 0.4) is 0 Å².